The molecule has 3 nitrogen and oxygen atoms in total. The van der Waals surface area contributed by atoms with E-state index < -0.39 is 11.6 Å². The van der Waals surface area contributed by atoms with E-state index in [1.807, 2.05) is 30.3 Å². The summed E-state index contributed by atoms with van der Waals surface area (Å²) in [6.07, 6.45) is 0. The van der Waals surface area contributed by atoms with Crippen molar-refractivity contribution in [2.75, 3.05) is 5.75 Å². The molecule has 2 aromatic rings. The molecule has 1 heterocycles. The molecule has 1 aliphatic heterocycles. The summed E-state index contributed by atoms with van der Waals surface area (Å²) in [4.78, 5) is 4.36. The molecule has 106 valence electrons. The third kappa shape index (κ3) is 3.11. The van der Waals surface area contributed by atoms with Crippen molar-refractivity contribution >= 4 is 28.3 Å². The Balaban J connectivity index is 1.83. The molecular weight excluding hydrogens is 292 g/mol. The van der Waals surface area contributed by atoms with Crippen LogP contribution in [0.3, 0.4) is 0 Å². The Morgan fingerprint density at radius 2 is 1.71 bits per heavy atom. The predicted molar refractivity (Wildman–Crippen MR) is 82.0 cm³/mol. The minimum absolute atomic E-state index is 0.0868. The van der Waals surface area contributed by atoms with Crippen molar-refractivity contribution in [2.24, 2.45) is 10.1 Å². The van der Waals surface area contributed by atoms with Crippen LogP contribution in [0.5, 0.6) is 0 Å². The van der Waals surface area contributed by atoms with Crippen molar-refractivity contribution in [1.82, 2.24) is 5.43 Å². The van der Waals surface area contributed by atoms with Gasteiger partial charge in [0.2, 0.25) is 0 Å². The molecule has 0 saturated carbocycles. The molecule has 0 aliphatic carbocycles. The van der Waals surface area contributed by atoms with Gasteiger partial charge in [0.1, 0.15) is 11.6 Å². The van der Waals surface area contributed by atoms with Gasteiger partial charge in [-0.1, -0.05) is 36.0 Å². The van der Waals surface area contributed by atoms with Crippen LogP contribution in [-0.2, 0) is 0 Å². The molecule has 0 unspecified atom stereocenters. The molecule has 6 heteroatoms. The van der Waals surface area contributed by atoms with Crippen LogP contribution in [0, 0.1) is 11.6 Å². The number of thioether (sulfide) groups is 1. The zero-order valence-electron chi connectivity index (χ0n) is 10.9. The molecule has 0 fully saturated rings. The second-order valence-electron chi connectivity index (χ2n) is 4.31. The number of amidine groups is 1. The number of benzene rings is 2. The van der Waals surface area contributed by atoms with Gasteiger partial charge < -0.3 is 0 Å². The third-order valence-electron chi connectivity index (χ3n) is 2.87. The van der Waals surface area contributed by atoms with Crippen molar-refractivity contribution in [3.05, 3.63) is 65.7 Å². The van der Waals surface area contributed by atoms with E-state index in [4.69, 9.17) is 0 Å². The largest absolute Gasteiger partial charge is 0.255 e. The Hall–Kier alpha value is -2.21. The zero-order valence-corrected chi connectivity index (χ0v) is 11.7. The second-order valence-corrected chi connectivity index (χ2v) is 5.27. The fourth-order valence-corrected chi connectivity index (χ4v) is 2.66. The molecule has 2 aromatic carbocycles. The summed E-state index contributed by atoms with van der Waals surface area (Å²) in [5, 5.41) is 4.63. The lowest BCUT2D eigenvalue weighted by molar-refractivity contribution is 0.578. The van der Waals surface area contributed by atoms with Crippen LogP contribution >= 0.6 is 11.8 Å². The molecule has 1 aliphatic rings. The van der Waals surface area contributed by atoms with Gasteiger partial charge in [0, 0.05) is 5.75 Å². The van der Waals surface area contributed by atoms with Crippen molar-refractivity contribution in [1.29, 1.82) is 0 Å². The molecular formula is C15H11F2N3S. The Morgan fingerprint density at radius 3 is 2.33 bits per heavy atom. The highest BCUT2D eigenvalue weighted by atomic mass is 32.2. The first-order valence-electron chi connectivity index (χ1n) is 6.27. The quantitative estimate of drug-likeness (QED) is 0.918. The fraction of sp³-hybridized carbons (Fsp3) is 0.0667. The smallest absolute Gasteiger partial charge is 0.182 e. The normalized spacial score (nSPS) is 16.5. The Bertz CT molecular complexity index is 694. The van der Waals surface area contributed by atoms with Gasteiger partial charge in [-0.15, -0.1) is 0 Å². The molecule has 0 radical (unpaired) electrons. The van der Waals surface area contributed by atoms with E-state index in [0.29, 0.717) is 16.6 Å². The van der Waals surface area contributed by atoms with Crippen LogP contribution in [0.2, 0.25) is 0 Å². The van der Waals surface area contributed by atoms with Gasteiger partial charge in [-0.3, -0.25) is 5.43 Å². The van der Waals surface area contributed by atoms with Crippen LogP contribution < -0.4 is 5.43 Å². The minimum Gasteiger partial charge on any atom is -0.255 e. The van der Waals surface area contributed by atoms with Crippen LogP contribution in [-0.4, -0.2) is 16.6 Å². The topological polar surface area (TPSA) is 36.8 Å². The van der Waals surface area contributed by atoms with Crippen molar-refractivity contribution in [2.45, 2.75) is 0 Å². The maximum atomic E-state index is 13.7. The van der Waals surface area contributed by atoms with Crippen molar-refractivity contribution in [3.63, 3.8) is 0 Å². The highest BCUT2D eigenvalue weighted by molar-refractivity contribution is 8.14. The molecule has 21 heavy (non-hydrogen) atoms. The van der Waals surface area contributed by atoms with Crippen LogP contribution in [0.25, 0.3) is 0 Å². The highest BCUT2D eigenvalue weighted by Gasteiger charge is 2.19. The van der Waals surface area contributed by atoms with E-state index in [-0.39, 0.29) is 5.56 Å². The number of nitrogens with zero attached hydrogens (tertiary/aromatic N) is 2. The molecule has 0 spiro atoms. The first kappa shape index (κ1) is 13.8. The molecule has 0 atom stereocenters. The van der Waals surface area contributed by atoms with E-state index >= 15 is 0 Å². The zero-order chi connectivity index (χ0) is 14.7. The van der Waals surface area contributed by atoms with Gasteiger partial charge in [-0.25, -0.2) is 13.8 Å². The minimum atomic E-state index is -0.611. The van der Waals surface area contributed by atoms with Crippen LogP contribution in [0.1, 0.15) is 5.56 Å². The monoisotopic (exact) mass is 303 g/mol. The fourth-order valence-electron chi connectivity index (χ4n) is 1.90. The number of hydrogen-bond acceptors (Lipinski definition) is 3. The SMILES string of the molecule is Fc1cccc(F)c1C1=NNC(=Nc2ccccc2)SC1. The first-order valence-corrected chi connectivity index (χ1v) is 7.26. The number of hydrogen-bond donors (Lipinski definition) is 1. The molecule has 0 bridgehead atoms. The number of hydrazone groups is 1. The maximum absolute atomic E-state index is 13.7. The summed E-state index contributed by atoms with van der Waals surface area (Å²) < 4.78 is 27.4. The summed E-state index contributed by atoms with van der Waals surface area (Å²) in [5.74, 6) is -0.865. The summed E-state index contributed by atoms with van der Waals surface area (Å²) in [5.41, 5.74) is 3.78. The second kappa shape index (κ2) is 6.05. The van der Waals surface area contributed by atoms with Gasteiger partial charge in [0.05, 0.1) is 17.0 Å². The number of nitrogens with one attached hydrogen (secondary N) is 1. The average Bonchev–Trinajstić information content (AvgIpc) is 2.50. The van der Waals surface area contributed by atoms with E-state index in [2.05, 4.69) is 15.5 Å². The van der Waals surface area contributed by atoms with E-state index in [0.717, 1.165) is 5.69 Å². The summed E-state index contributed by atoms with van der Waals surface area (Å²) in [6.45, 7) is 0. The lowest BCUT2D eigenvalue weighted by atomic mass is 10.1. The lowest BCUT2D eigenvalue weighted by Gasteiger charge is -2.15. The Labute approximate surface area is 124 Å². The summed E-state index contributed by atoms with van der Waals surface area (Å²) in [7, 11) is 0. The van der Waals surface area contributed by atoms with E-state index in [1.165, 1.54) is 30.0 Å². The molecule has 0 aromatic heterocycles. The van der Waals surface area contributed by atoms with Gasteiger partial charge in [-0.2, -0.15) is 5.10 Å². The molecule has 0 saturated heterocycles. The predicted octanol–water partition coefficient (Wildman–Crippen LogP) is 3.69. The van der Waals surface area contributed by atoms with E-state index in [9.17, 15) is 8.78 Å². The van der Waals surface area contributed by atoms with Crippen molar-refractivity contribution in [3.8, 4) is 0 Å². The summed E-state index contributed by atoms with van der Waals surface area (Å²) >= 11 is 1.35. The first-order chi connectivity index (χ1) is 10.2. The lowest BCUT2D eigenvalue weighted by Crippen LogP contribution is -2.26. The Kier molecular flexibility index (Phi) is 3.96. The summed E-state index contributed by atoms with van der Waals surface area (Å²) in [6, 6.07) is 13.2. The average molecular weight is 303 g/mol. The number of halogens is 2. The number of para-hydroxylation sites is 1. The molecule has 1 N–H and O–H groups in total. The van der Waals surface area contributed by atoms with Gasteiger partial charge >= 0.3 is 0 Å². The van der Waals surface area contributed by atoms with E-state index in [1.54, 1.807) is 0 Å². The standard InChI is InChI=1S/C15H11F2N3S/c16-11-7-4-8-12(17)14(11)13-9-21-15(20-19-13)18-10-5-2-1-3-6-10/h1-8H,9H2,(H,18,20). The Morgan fingerprint density at radius 1 is 1.00 bits per heavy atom. The van der Waals surface area contributed by atoms with Crippen molar-refractivity contribution < 1.29 is 8.78 Å². The molecule has 3 rings (SSSR count). The van der Waals surface area contributed by atoms with Gasteiger partial charge in [0.25, 0.3) is 0 Å². The van der Waals surface area contributed by atoms with Crippen LogP contribution in [0.15, 0.2) is 58.6 Å². The number of aliphatic imine (C=N–C) groups is 1. The van der Waals surface area contributed by atoms with Gasteiger partial charge in [-0.05, 0) is 24.3 Å². The third-order valence-corrected chi connectivity index (χ3v) is 3.74. The van der Waals surface area contributed by atoms with Gasteiger partial charge in [0.15, 0.2) is 5.17 Å². The number of rotatable bonds is 2. The molecule has 0 amide bonds. The van der Waals surface area contributed by atoms with Crippen LogP contribution in [0.4, 0.5) is 14.5 Å². The highest BCUT2D eigenvalue weighted by Crippen LogP contribution is 2.20. The maximum Gasteiger partial charge on any atom is 0.182 e.